The summed E-state index contributed by atoms with van der Waals surface area (Å²) in [5.41, 5.74) is 6.07. The number of aryl methyl sites for hydroxylation is 1. The Balaban J connectivity index is 2.03. The van der Waals surface area contributed by atoms with Crippen LogP contribution in [0, 0.1) is 0 Å². The van der Waals surface area contributed by atoms with E-state index in [9.17, 15) is 0 Å². The quantitative estimate of drug-likeness (QED) is 0.397. The lowest BCUT2D eigenvalue weighted by molar-refractivity contribution is -0.670. The van der Waals surface area contributed by atoms with Crippen molar-refractivity contribution in [2.45, 2.75) is 6.54 Å². The molecule has 1 aliphatic rings. The predicted octanol–water partition coefficient (Wildman–Crippen LogP) is 1.54. The number of hydrogen-bond acceptors (Lipinski definition) is 2. The summed E-state index contributed by atoms with van der Waals surface area (Å²) in [6.45, 7) is 0.896. The molecule has 1 aliphatic heterocycles. The lowest BCUT2D eigenvalue weighted by Crippen LogP contribution is -2.29. The zero-order valence-corrected chi connectivity index (χ0v) is 11.0. The lowest BCUT2D eigenvalue weighted by Gasteiger charge is -1.92. The molecule has 0 bridgehead atoms. The van der Waals surface area contributed by atoms with Crippen LogP contribution < -0.4 is 4.57 Å². The minimum atomic E-state index is 0.896. The predicted molar refractivity (Wildman–Crippen MR) is 74.2 cm³/mol. The van der Waals surface area contributed by atoms with Crippen molar-refractivity contribution in [3.05, 3.63) is 48.7 Å². The lowest BCUT2D eigenvalue weighted by atomic mass is 10.2. The second-order valence-corrected chi connectivity index (χ2v) is 5.23. The van der Waals surface area contributed by atoms with E-state index in [2.05, 4.69) is 48.9 Å². The van der Waals surface area contributed by atoms with Crippen LogP contribution in [0.3, 0.4) is 0 Å². The molecule has 0 amide bonds. The third-order valence-electron chi connectivity index (χ3n) is 4.19. The van der Waals surface area contributed by atoms with E-state index in [1.54, 1.807) is 0 Å². The van der Waals surface area contributed by atoms with E-state index >= 15 is 0 Å². The van der Waals surface area contributed by atoms with Gasteiger partial charge in [0, 0.05) is 37.3 Å². The molecule has 0 saturated heterocycles. The molecule has 5 nitrogen and oxygen atoms in total. The number of fused-ring (bicyclic) bond motifs is 7. The molecule has 0 radical (unpaired) electrons. The van der Waals surface area contributed by atoms with Crippen molar-refractivity contribution >= 4 is 16.7 Å². The first-order valence-corrected chi connectivity index (χ1v) is 6.61. The Kier molecular flexibility index (Phi) is 1.65. The van der Waals surface area contributed by atoms with Gasteiger partial charge in [-0.2, -0.15) is 4.40 Å². The standard InChI is InChI=1S/C15H12N5/c1-18-13-7-17-5-3-12(13)20-14(18)9-19-8-10-6-16-4-2-11(10)15(19)20/h2-7,9H,8H2,1H3/q+1. The Morgan fingerprint density at radius 1 is 1.10 bits per heavy atom. The summed E-state index contributed by atoms with van der Waals surface area (Å²) in [5, 5.41) is 0. The molecule has 0 unspecified atom stereocenters. The molecule has 0 spiro atoms. The summed E-state index contributed by atoms with van der Waals surface area (Å²) in [7, 11) is 2.09. The Morgan fingerprint density at radius 3 is 2.90 bits per heavy atom. The maximum Gasteiger partial charge on any atom is 0.296 e. The van der Waals surface area contributed by atoms with Gasteiger partial charge in [-0.3, -0.25) is 9.97 Å². The number of aromatic nitrogens is 5. The number of nitrogens with zero attached hydrogens (tertiary/aromatic N) is 5. The maximum absolute atomic E-state index is 4.24. The minimum absolute atomic E-state index is 0.896. The topological polar surface area (TPSA) is 39.0 Å². The summed E-state index contributed by atoms with van der Waals surface area (Å²) in [6.07, 6.45) is 9.79. The van der Waals surface area contributed by atoms with Gasteiger partial charge in [0.25, 0.3) is 5.82 Å². The van der Waals surface area contributed by atoms with Gasteiger partial charge in [-0.15, -0.1) is 0 Å². The molecule has 5 heterocycles. The van der Waals surface area contributed by atoms with Gasteiger partial charge in [-0.05, 0) is 6.07 Å². The van der Waals surface area contributed by atoms with Gasteiger partial charge in [0.05, 0.1) is 11.8 Å². The maximum atomic E-state index is 4.24. The van der Waals surface area contributed by atoms with E-state index in [0.717, 1.165) is 12.1 Å². The number of pyridine rings is 2. The number of rotatable bonds is 0. The third-order valence-corrected chi connectivity index (χ3v) is 4.19. The van der Waals surface area contributed by atoms with E-state index in [1.807, 2.05) is 24.8 Å². The molecule has 0 fully saturated rings. The molecule has 4 aromatic rings. The second kappa shape index (κ2) is 3.25. The van der Waals surface area contributed by atoms with E-state index < -0.39 is 0 Å². The summed E-state index contributed by atoms with van der Waals surface area (Å²) < 4.78 is 6.79. The first kappa shape index (κ1) is 10.1. The zero-order chi connectivity index (χ0) is 13.3. The molecule has 0 N–H and O–H groups in total. The largest absolute Gasteiger partial charge is 0.303 e. The third kappa shape index (κ3) is 1.02. The van der Waals surface area contributed by atoms with Crippen LogP contribution in [0.1, 0.15) is 5.56 Å². The molecule has 4 aromatic heterocycles. The smallest absolute Gasteiger partial charge is 0.296 e. The molecule has 0 aromatic carbocycles. The van der Waals surface area contributed by atoms with Crippen molar-refractivity contribution in [3.8, 4) is 11.4 Å². The van der Waals surface area contributed by atoms with Gasteiger partial charge in [-0.1, -0.05) is 0 Å². The molecule has 5 rings (SSSR count). The van der Waals surface area contributed by atoms with E-state index in [0.29, 0.717) is 0 Å². The van der Waals surface area contributed by atoms with Crippen molar-refractivity contribution < 1.29 is 4.57 Å². The highest BCUT2D eigenvalue weighted by Gasteiger charge is 2.32. The van der Waals surface area contributed by atoms with Crippen LogP contribution >= 0.6 is 0 Å². The second-order valence-electron chi connectivity index (χ2n) is 5.23. The van der Waals surface area contributed by atoms with Crippen molar-refractivity contribution in [2.75, 3.05) is 0 Å². The van der Waals surface area contributed by atoms with Gasteiger partial charge in [0.2, 0.25) is 5.65 Å². The van der Waals surface area contributed by atoms with Crippen molar-refractivity contribution in [1.82, 2.24) is 18.9 Å². The Labute approximate surface area is 114 Å². The molecule has 0 atom stereocenters. The highest BCUT2D eigenvalue weighted by Crippen LogP contribution is 2.30. The van der Waals surface area contributed by atoms with Gasteiger partial charge in [-0.25, -0.2) is 4.57 Å². The normalized spacial score (nSPS) is 13.1. The van der Waals surface area contributed by atoms with Gasteiger partial charge in [0.1, 0.15) is 12.1 Å². The average Bonchev–Trinajstić information content (AvgIpc) is 3.08. The molecular formula is C15H12N5+. The summed E-state index contributed by atoms with van der Waals surface area (Å²) >= 11 is 0. The van der Waals surface area contributed by atoms with Gasteiger partial charge < -0.3 is 4.57 Å². The first-order chi connectivity index (χ1) is 9.84. The van der Waals surface area contributed by atoms with Crippen LogP contribution in [-0.4, -0.2) is 18.9 Å². The van der Waals surface area contributed by atoms with Crippen LogP contribution in [0.15, 0.2) is 43.1 Å². The fraction of sp³-hybridized carbons (Fsp3) is 0.133. The Bertz CT molecular complexity index is 992. The molecule has 96 valence electrons. The summed E-state index contributed by atoms with van der Waals surface area (Å²) in [6, 6.07) is 4.17. The summed E-state index contributed by atoms with van der Waals surface area (Å²) in [4.78, 5) is 8.46. The zero-order valence-electron chi connectivity index (χ0n) is 11.0. The van der Waals surface area contributed by atoms with E-state index in [1.165, 1.54) is 28.1 Å². The van der Waals surface area contributed by atoms with E-state index in [-0.39, 0.29) is 0 Å². The van der Waals surface area contributed by atoms with Crippen LogP contribution in [-0.2, 0) is 13.6 Å². The molecule has 0 aliphatic carbocycles. The van der Waals surface area contributed by atoms with Crippen molar-refractivity contribution in [1.29, 1.82) is 0 Å². The number of hydrogen-bond donors (Lipinski definition) is 0. The highest BCUT2D eigenvalue weighted by atomic mass is 15.2. The summed E-state index contributed by atoms with van der Waals surface area (Å²) in [5.74, 6) is 1.23. The SMILES string of the molecule is Cn1c2cnccc2n2c3[n+](cc12)Cc1cnccc1-3. The molecule has 0 saturated carbocycles. The fourth-order valence-corrected chi connectivity index (χ4v) is 3.27. The number of imidazole rings is 2. The van der Waals surface area contributed by atoms with E-state index in [4.69, 9.17) is 0 Å². The monoisotopic (exact) mass is 262 g/mol. The van der Waals surface area contributed by atoms with Gasteiger partial charge >= 0.3 is 0 Å². The van der Waals surface area contributed by atoms with Crippen LogP contribution in [0.2, 0.25) is 0 Å². The van der Waals surface area contributed by atoms with Crippen LogP contribution in [0.25, 0.3) is 28.1 Å². The molecular weight excluding hydrogens is 250 g/mol. The average molecular weight is 262 g/mol. The van der Waals surface area contributed by atoms with Crippen molar-refractivity contribution in [2.24, 2.45) is 7.05 Å². The van der Waals surface area contributed by atoms with Crippen LogP contribution in [0.4, 0.5) is 0 Å². The molecule has 5 heteroatoms. The minimum Gasteiger partial charge on any atom is -0.303 e. The highest BCUT2D eigenvalue weighted by molar-refractivity contribution is 5.83. The Hall–Kier alpha value is -2.69. The first-order valence-electron chi connectivity index (χ1n) is 6.61. The Morgan fingerprint density at radius 2 is 1.95 bits per heavy atom. The van der Waals surface area contributed by atoms with Gasteiger partial charge in [0.15, 0.2) is 11.7 Å². The fourth-order valence-electron chi connectivity index (χ4n) is 3.27. The van der Waals surface area contributed by atoms with Crippen molar-refractivity contribution in [3.63, 3.8) is 0 Å². The molecule has 20 heavy (non-hydrogen) atoms. The van der Waals surface area contributed by atoms with Crippen LogP contribution in [0.5, 0.6) is 0 Å².